The Hall–Kier alpha value is -2.22. The first-order valence-electron chi connectivity index (χ1n) is 10.1. The molecule has 7 heteroatoms. The fraction of sp³-hybridized carbons (Fsp3) is 0.545. The molecule has 1 aromatic carbocycles. The number of unbranched alkanes of at least 4 members (excludes halogenated alkanes) is 1. The minimum absolute atomic E-state index is 0.0397. The predicted octanol–water partition coefficient (Wildman–Crippen LogP) is 5.40. The van der Waals surface area contributed by atoms with Gasteiger partial charge in [-0.1, -0.05) is 44.4 Å². The second-order valence-corrected chi connectivity index (χ2v) is 7.82. The number of nitrogens with one attached hydrogen (secondary N) is 2. The van der Waals surface area contributed by atoms with Crippen LogP contribution >= 0.6 is 0 Å². The Balaban J connectivity index is 2.95. The van der Waals surface area contributed by atoms with Gasteiger partial charge in [0.25, 0.3) is 5.69 Å². The first-order valence-corrected chi connectivity index (χ1v) is 10.1. The molecule has 0 saturated heterocycles. The summed E-state index contributed by atoms with van der Waals surface area (Å²) in [5.74, 6) is 5.69. The maximum atomic E-state index is 11.6. The molecular weight excluding hydrogens is 368 g/mol. The van der Waals surface area contributed by atoms with Gasteiger partial charge in [0.2, 0.25) is 0 Å². The van der Waals surface area contributed by atoms with E-state index in [1.54, 1.807) is 12.1 Å². The molecule has 0 saturated carbocycles. The molecule has 2 unspecified atom stereocenters. The standard InChI is InChI=1S/C22H36N4O3/c1-7-8-9-16(4)22(29-23)24-14-19-10-11-20(21(13-19)26(27)28)25-18(6)17(5)12-15(2)3/h10-13,16,22,24-25H,7-9,14,23H2,1-6H3/b18-17+. The van der Waals surface area contributed by atoms with Crippen molar-refractivity contribution in [2.45, 2.75) is 73.6 Å². The molecule has 7 nitrogen and oxygen atoms in total. The first-order chi connectivity index (χ1) is 13.7. The summed E-state index contributed by atoms with van der Waals surface area (Å²) in [5.41, 5.74) is 4.40. The van der Waals surface area contributed by atoms with Crippen molar-refractivity contribution in [2.75, 3.05) is 5.32 Å². The maximum absolute atomic E-state index is 11.6. The van der Waals surface area contributed by atoms with Crippen LogP contribution in [0, 0.1) is 16.0 Å². The van der Waals surface area contributed by atoms with Gasteiger partial charge in [-0.2, -0.15) is 0 Å². The number of nitrogens with zero attached hydrogens (tertiary/aromatic N) is 1. The molecule has 0 spiro atoms. The number of rotatable bonds is 12. The molecule has 0 amide bonds. The van der Waals surface area contributed by atoms with E-state index < -0.39 is 0 Å². The molecule has 0 fully saturated rings. The van der Waals surface area contributed by atoms with E-state index in [-0.39, 0.29) is 22.8 Å². The van der Waals surface area contributed by atoms with Crippen LogP contribution in [0.25, 0.3) is 0 Å². The summed E-state index contributed by atoms with van der Waals surface area (Å²) in [6.07, 6.45) is 4.97. The minimum atomic E-state index is -0.365. The van der Waals surface area contributed by atoms with Gasteiger partial charge in [0.1, 0.15) is 11.9 Å². The highest BCUT2D eigenvalue weighted by molar-refractivity contribution is 5.65. The Bertz CT molecular complexity index is 740. The molecule has 0 aliphatic rings. The van der Waals surface area contributed by atoms with Crippen LogP contribution in [0.2, 0.25) is 0 Å². The predicted molar refractivity (Wildman–Crippen MR) is 119 cm³/mol. The smallest absolute Gasteiger partial charge is 0.292 e. The summed E-state index contributed by atoms with van der Waals surface area (Å²) in [5, 5.41) is 18.0. The van der Waals surface area contributed by atoms with Crippen molar-refractivity contribution in [1.82, 2.24) is 5.32 Å². The Morgan fingerprint density at radius 1 is 1.31 bits per heavy atom. The zero-order valence-corrected chi connectivity index (χ0v) is 18.5. The average Bonchev–Trinajstić information content (AvgIpc) is 2.66. The van der Waals surface area contributed by atoms with Gasteiger partial charge in [-0.15, -0.1) is 0 Å². The third-order valence-electron chi connectivity index (χ3n) is 4.86. The second kappa shape index (κ2) is 12.4. The SMILES string of the molecule is CCCCC(C)C(NCc1ccc(N/C(C)=C(\C)C=C(C)C)c([N+](=O)[O-])c1)ON. The topological polar surface area (TPSA) is 102 Å². The monoisotopic (exact) mass is 404 g/mol. The van der Waals surface area contributed by atoms with E-state index in [0.717, 1.165) is 36.1 Å². The highest BCUT2D eigenvalue weighted by Crippen LogP contribution is 2.28. The van der Waals surface area contributed by atoms with Gasteiger partial charge in [-0.3, -0.25) is 20.3 Å². The lowest BCUT2D eigenvalue weighted by atomic mass is 10.0. The summed E-state index contributed by atoms with van der Waals surface area (Å²) in [7, 11) is 0. The van der Waals surface area contributed by atoms with E-state index in [9.17, 15) is 10.1 Å². The van der Waals surface area contributed by atoms with Gasteiger partial charge in [0.05, 0.1) is 4.92 Å². The number of nitrogens with two attached hydrogens (primary N) is 1. The van der Waals surface area contributed by atoms with Gasteiger partial charge in [-0.25, -0.2) is 5.90 Å². The Morgan fingerprint density at radius 3 is 2.55 bits per heavy atom. The quantitative estimate of drug-likeness (QED) is 0.187. The summed E-state index contributed by atoms with van der Waals surface area (Å²) in [6, 6.07) is 5.20. The van der Waals surface area contributed by atoms with Crippen molar-refractivity contribution in [2.24, 2.45) is 11.8 Å². The number of hydrogen-bond acceptors (Lipinski definition) is 6. The summed E-state index contributed by atoms with van der Waals surface area (Å²) < 4.78 is 0. The van der Waals surface area contributed by atoms with Crippen LogP contribution in [0.15, 0.2) is 41.1 Å². The van der Waals surface area contributed by atoms with Crippen molar-refractivity contribution in [1.29, 1.82) is 0 Å². The van der Waals surface area contributed by atoms with Gasteiger partial charge in [0, 0.05) is 18.3 Å². The van der Waals surface area contributed by atoms with E-state index in [2.05, 4.69) is 24.5 Å². The molecule has 0 heterocycles. The van der Waals surface area contributed by atoms with Crippen LogP contribution in [-0.2, 0) is 11.4 Å². The van der Waals surface area contributed by atoms with E-state index >= 15 is 0 Å². The van der Waals surface area contributed by atoms with E-state index in [1.165, 1.54) is 5.57 Å². The van der Waals surface area contributed by atoms with Crippen molar-refractivity contribution in [3.8, 4) is 0 Å². The Labute approximate surface area is 174 Å². The van der Waals surface area contributed by atoms with Gasteiger partial charge < -0.3 is 5.32 Å². The van der Waals surface area contributed by atoms with Crippen LogP contribution in [0.5, 0.6) is 0 Å². The molecule has 0 aliphatic carbocycles. The van der Waals surface area contributed by atoms with Gasteiger partial charge in [0.15, 0.2) is 0 Å². The molecule has 1 aromatic rings. The zero-order valence-electron chi connectivity index (χ0n) is 18.5. The molecule has 1 rings (SSSR count). The fourth-order valence-electron chi connectivity index (χ4n) is 3.07. The highest BCUT2D eigenvalue weighted by atomic mass is 16.6. The number of hydrogen-bond donors (Lipinski definition) is 3. The number of benzene rings is 1. The summed E-state index contributed by atoms with van der Waals surface area (Å²) in [4.78, 5) is 16.3. The summed E-state index contributed by atoms with van der Waals surface area (Å²) in [6.45, 7) is 12.6. The molecule has 29 heavy (non-hydrogen) atoms. The third-order valence-corrected chi connectivity index (χ3v) is 4.86. The Kier molecular flexibility index (Phi) is 10.6. The molecule has 162 valence electrons. The molecule has 2 atom stereocenters. The fourth-order valence-corrected chi connectivity index (χ4v) is 3.07. The lowest BCUT2D eigenvalue weighted by molar-refractivity contribution is -0.384. The number of nitro benzene ring substituents is 1. The van der Waals surface area contributed by atoms with E-state index in [1.807, 2.05) is 39.8 Å². The Morgan fingerprint density at radius 2 is 2.00 bits per heavy atom. The highest BCUT2D eigenvalue weighted by Gasteiger charge is 2.19. The minimum Gasteiger partial charge on any atom is -0.353 e. The van der Waals surface area contributed by atoms with Crippen LogP contribution in [-0.4, -0.2) is 11.2 Å². The lowest BCUT2D eigenvalue weighted by Crippen LogP contribution is -2.39. The van der Waals surface area contributed by atoms with Crippen molar-refractivity contribution < 1.29 is 9.76 Å². The van der Waals surface area contributed by atoms with Crippen LogP contribution in [0.1, 0.15) is 66.4 Å². The van der Waals surface area contributed by atoms with E-state index in [4.69, 9.17) is 10.7 Å². The van der Waals surface area contributed by atoms with Crippen LogP contribution in [0.4, 0.5) is 11.4 Å². The zero-order chi connectivity index (χ0) is 22.0. The third kappa shape index (κ3) is 8.35. The average molecular weight is 405 g/mol. The molecule has 0 radical (unpaired) electrons. The molecule has 4 N–H and O–H groups in total. The second-order valence-electron chi connectivity index (χ2n) is 7.82. The van der Waals surface area contributed by atoms with Crippen LogP contribution < -0.4 is 16.5 Å². The number of nitro groups is 1. The first kappa shape index (κ1) is 24.8. The van der Waals surface area contributed by atoms with Crippen molar-refractivity contribution in [3.63, 3.8) is 0 Å². The summed E-state index contributed by atoms with van der Waals surface area (Å²) >= 11 is 0. The normalized spacial score (nSPS) is 14.0. The lowest BCUT2D eigenvalue weighted by Gasteiger charge is -2.23. The number of allylic oxidation sites excluding steroid dienone is 4. The van der Waals surface area contributed by atoms with Gasteiger partial charge in [-0.05, 0) is 57.2 Å². The van der Waals surface area contributed by atoms with E-state index in [0.29, 0.717) is 12.2 Å². The van der Waals surface area contributed by atoms with Crippen LogP contribution in [0.3, 0.4) is 0 Å². The maximum Gasteiger partial charge on any atom is 0.292 e. The molecule has 0 bridgehead atoms. The molecular formula is C22H36N4O3. The van der Waals surface area contributed by atoms with Gasteiger partial charge >= 0.3 is 0 Å². The molecule has 0 aliphatic heterocycles. The van der Waals surface area contributed by atoms with Crippen molar-refractivity contribution >= 4 is 11.4 Å². The van der Waals surface area contributed by atoms with Crippen molar-refractivity contribution in [3.05, 3.63) is 56.8 Å². The molecule has 0 aromatic heterocycles. The number of anilines is 1. The largest absolute Gasteiger partial charge is 0.353 e.